The zero-order chi connectivity index (χ0) is 15.9. The largest absolute Gasteiger partial charge is 0.433 e. The number of carbonyl (C=O) groups excluding carboxylic acids is 1. The Morgan fingerprint density at radius 3 is 2.48 bits per heavy atom. The number of halogens is 3. The number of hydrogen-bond donors (Lipinski definition) is 4. The van der Waals surface area contributed by atoms with Gasteiger partial charge in [0.15, 0.2) is 17.6 Å². The highest BCUT2D eigenvalue weighted by atomic mass is 19.4. The maximum absolute atomic E-state index is 13.0. The number of primary amides is 1. The topological polar surface area (TPSA) is 131 Å². The van der Waals surface area contributed by atoms with Gasteiger partial charge in [-0.05, 0) is 0 Å². The minimum Gasteiger partial charge on any atom is -0.394 e. The Morgan fingerprint density at radius 1 is 1.43 bits per heavy atom. The van der Waals surface area contributed by atoms with Crippen LogP contribution in [0.4, 0.5) is 13.2 Å². The molecule has 118 valence electrons. The summed E-state index contributed by atoms with van der Waals surface area (Å²) in [7, 11) is 0. The first-order chi connectivity index (χ1) is 9.68. The molecule has 4 atom stereocenters. The molecule has 1 fully saturated rings. The van der Waals surface area contributed by atoms with E-state index in [-0.39, 0.29) is 0 Å². The predicted octanol–water partition coefficient (Wildman–Crippen LogP) is -1.39. The molecule has 1 saturated heterocycles. The van der Waals surface area contributed by atoms with E-state index in [0.717, 1.165) is 0 Å². The standard InChI is InChI=1S/C10H12F3N3O5/c11-10(12,13)7-4(8(14)20)15-2-16(7)9-6(19)5(18)3(1-17)21-9/h2-3,5-6,9,17-19H,1H2,(H2,14,20)/t3-,5-,6-,9-/m1/s1. The minimum atomic E-state index is -4.98. The Hall–Kier alpha value is -1.69. The van der Waals surface area contributed by atoms with Crippen molar-refractivity contribution in [1.82, 2.24) is 9.55 Å². The molecule has 11 heteroatoms. The molecule has 0 aliphatic carbocycles. The molecule has 1 aromatic heterocycles. The summed E-state index contributed by atoms with van der Waals surface area (Å²) in [6.45, 7) is -0.701. The Balaban J connectivity index is 2.48. The zero-order valence-electron chi connectivity index (χ0n) is 10.4. The summed E-state index contributed by atoms with van der Waals surface area (Å²) in [4.78, 5) is 14.3. The van der Waals surface area contributed by atoms with E-state index in [1.165, 1.54) is 0 Å². The lowest BCUT2D eigenvalue weighted by atomic mass is 10.1. The normalized spacial score (nSPS) is 29.8. The highest BCUT2D eigenvalue weighted by Crippen LogP contribution is 2.37. The molecule has 8 nitrogen and oxygen atoms in total. The molecular weight excluding hydrogens is 299 g/mol. The van der Waals surface area contributed by atoms with Gasteiger partial charge >= 0.3 is 6.18 Å². The summed E-state index contributed by atoms with van der Waals surface area (Å²) < 4.78 is 44.5. The number of nitrogens with two attached hydrogens (primary N) is 1. The third-order valence-corrected chi connectivity index (χ3v) is 3.09. The van der Waals surface area contributed by atoms with Crippen molar-refractivity contribution >= 4 is 5.91 Å². The lowest BCUT2D eigenvalue weighted by Crippen LogP contribution is -2.33. The quantitative estimate of drug-likeness (QED) is 0.544. The van der Waals surface area contributed by atoms with Crippen LogP contribution in [0.25, 0.3) is 0 Å². The second kappa shape index (κ2) is 5.26. The number of imidazole rings is 1. The van der Waals surface area contributed by atoms with Crippen LogP contribution in [0.1, 0.15) is 22.4 Å². The molecule has 0 bridgehead atoms. The van der Waals surface area contributed by atoms with Crippen LogP contribution in [0.5, 0.6) is 0 Å². The lowest BCUT2D eigenvalue weighted by Gasteiger charge is -2.20. The molecule has 0 aromatic carbocycles. The zero-order valence-corrected chi connectivity index (χ0v) is 10.4. The maximum Gasteiger partial charge on any atom is 0.433 e. The molecule has 0 unspecified atom stereocenters. The van der Waals surface area contributed by atoms with Gasteiger partial charge in [-0.2, -0.15) is 13.2 Å². The van der Waals surface area contributed by atoms with Gasteiger partial charge in [-0.25, -0.2) is 4.98 Å². The van der Waals surface area contributed by atoms with E-state index in [0.29, 0.717) is 10.9 Å². The third kappa shape index (κ3) is 2.60. The summed E-state index contributed by atoms with van der Waals surface area (Å²) in [5.74, 6) is -1.40. The van der Waals surface area contributed by atoms with Crippen LogP contribution in [0.3, 0.4) is 0 Å². The first-order valence-corrected chi connectivity index (χ1v) is 5.74. The Kier molecular flexibility index (Phi) is 3.93. The summed E-state index contributed by atoms with van der Waals surface area (Å²) in [6.07, 6.45) is -10.6. The number of carbonyl (C=O) groups is 1. The fraction of sp³-hybridized carbons (Fsp3) is 0.600. The van der Waals surface area contributed by atoms with Crippen LogP contribution >= 0.6 is 0 Å². The van der Waals surface area contributed by atoms with E-state index in [1.54, 1.807) is 0 Å². The SMILES string of the molecule is NC(=O)c1ncn([C@@H]2O[C@H](CO)[C@@H](O)[C@H]2O)c1C(F)(F)F. The van der Waals surface area contributed by atoms with Crippen LogP contribution in [-0.2, 0) is 10.9 Å². The van der Waals surface area contributed by atoms with Gasteiger partial charge in [-0.3, -0.25) is 9.36 Å². The number of nitrogens with zero attached hydrogens (tertiary/aromatic N) is 2. The number of aliphatic hydroxyl groups is 3. The molecule has 2 rings (SSSR count). The first kappa shape index (κ1) is 15.7. The summed E-state index contributed by atoms with van der Waals surface area (Å²) >= 11 is 0. The summed E-state index contributed by atoms with van der Waals surface area (Å²) in [6, 6.07) is 0. The van der Waals surface area contributed by atoms with Crippen molar-refractivity contribution in [2.75, 3.05) is 6.61 Å². The van der Waals surface area contributed by atoms with Crippen molar-refractivity contribution in [3.8, 4) is 0 Å². The van der Waals surface area contributed by atoms with Crippen molar-refractivity contribution in [2.24, 2.45) is 5.73 Å². The van der Waals surface area contributed by atoms with Crippen molar-refractivity contribution in [2.45, 2.75) is 30.7 Å². The monoisotopic (exact) mass is 311 g/mol. The van der Waals surface area contributed by atoms with E-state index in [9.17, 15) is 28.2 Å². The van der Waals surface area contributed by atoms with Crippen molar-refractivity contribution < 1.29 is 38.0 Å². The molecular formula is C10H12F3N3O5. The third-order valence-electron chi connectivity index (χ3n) is 3.09. The van der Waals surface area contributed by atoms with Gasteiger partial charge < -0.3 is 25.8 Å². The number of hydrogen-bond acceptors (Lipinski definition) is 6. The molecule has 1 aliphatic heterocycles. The Labute approximate surface area is 115 Å². The first-order valence-electron chi connectivity index (χ1n) is 5.74. The van der Waals surface area contributed by atoms with Gasteiger partial charge in [0.1, 0.15) is 18.3 Å². The number of amides is 1. The molecule has 0 spiro atoms. The Bertz CT molecular complexity index is 547. The smallest absolute Gasteiger partial charge is 0.394 e. The molecule has 5 N–H and O–H groups in total. The second-order valence-corrected chi connectivity index (χ2v) is 4.44. The number of rotatable bonds is 3. The van der Waals surface area contributed by atoms with Gasteiger partial charge in [-0.1, -0.05) is 0 Å². The number of aromatic nitrogens is 2. The molecule has 0 saturated carbocycles. The lowest BCUT2D eigenvalue weighted by molar-refractivity contribution is -0.151. The van der Waals surface area contributed by atoms with E-state index in [2.05, 4.69) is 4.98 Å². The molecule has 1 amide bonds. The second-order valence-electron chi connectivity index (χ2n) is 4.44. The fourth-order valence-electron chi connectivity index (χ4n) is 2.12. The molecule has 1 aliphatic rings. The van der Waals surface area contributed by atoms with Crippen LogP contribution in [-0.4, -0.2) is 55.7 Å². The highest BCUT2D eigenvalue weighted by Gasteiger charge is 2.48. The van der Waals surface area contributed by atoms with Gasteiger partial charge in [0.05, 0.1) is 12.9 Å². The average Bonchev–Trinajstić information content (AvgIpc) is 2.93. The van der Waals surface area contributed by atoms with E-state index < -0.39 is 54.6 Å². The summed E-state index contributed by atoms with van der Waals surface area (Å²) in [5, 5.41) is 28.2. The van der Waals surface area contributed by atoms with Crippen molar-refractivity contribution in [3.05, 3.63) is 17.7 Å². The molecule has 0 radical (unpaired) electrons. The number of alkyl halides is 3. The molecule has 1 aromatic rings. The van der Waals surface area contributed by atoms with Crippen LogP contribution in [0.15, 0.2) is 6.33 Å². The molecule has 2 heterocycles. The van der Waals surface area contributed by atoms with E-state index in [1.807, 2.05) is 0 Å². The maximum atomic E-state index is 13.0. The highest BCUT2D eigenvalue weighted by molar-refractivity contribution is 5.92. The fourth-order valence-corrected chi connectivity index (χ4v) is 2.12. The van der Waals surface area contributed by atoms with Gasteiger partial charge in [0.2, 0.25) is 0 Å². The van der Waals surface area contributed by atoms with Crippen LogP contribution < -0.4 is 5.73 Å². The van der Waals surface area contributed by atoms with Crippen molar-refractivity contribution in [3.63, 3.8) is 0 Å². The Morgan fingerprint density at radius 2 is 2.05 bits per heavy atom. The van der Waals surface area contributed by atoms with Crippen molar-refractivity contribution in [1.29, 1.82) is 0 Å². The average molecular weight is 311 g/mol. The number of ether oxygens (including phenoxy) is 1. The number of aliphatic hydroxyl groups excluding tert-OH is 3. The van der Waals surface area contributed by atoms with Gasteiger partial charge in [0, 0.05) is 0 Å². The summed E-state index contributed by atoms with van der Waals surface area (Å²) in [5.41, 5.74) is 2.31. The predicted molar refractivity (Wildman–Crippen MR) is 58.8 cm³/mol. The molecule has 21 heavy (non-hydrogen) atoms. The minimum absolute atomic E-state index is 0.365. The van der Waals surface area contributed by atoms with E-state index >= 15 is 0 Å². The van der Waals surface area contributed by atoms with Crippen LogP contribution in [0.2, 0.25) is 0 Å². The van der Waals surface area contributed by atoms with Crippen LogP contribution in [0, 0.1) is 0 Å². The van der Waals surface area contributed by atoms with Gasteiger partial charge in [-0.15, -0.1) is 0 Å². The van der Waals surface area contributed by atoms with Gasteiger partial charge in [0.25, 0.3) is 5.91 Å². The van der Waals surface area contributed by atoms with E-state index in [4.69, 9.17) is 15.6 Å².